The van der Waals surface area contributed by atoms with Gasteiger partial charge in [0.1, 0.15) is 5.01 Å². The molecule has 2 N–H and O–H groups in total. The minimum Gasteiger partial charge on any atom is -0.379 e. The van der Waals surface area contributed by atoms with Crippen LogP contribution in [-0.2, 0) is 11.3 Å². The van der Waals surface area contributed by atoms with E-state index in [-0.39, 0.29) is 6.03 Å². The van der Waals surface area contributed by atoms with E-state index in [2.05, 4.69) is 34.4 Å². The second-order valence-corrected chi connectivity index (χ2v) is 7.32. The van der Waals surface area contributed by atoms with Crippen LogP contribution >= 0.6 is 11.3 Å². The summed E-state index contributed by atoms with van der Waals surface area (Å²) in [5.41, 5.74) is 0.997. The molecule has 0 bridgehead atoms. The number of amides is 2. The lowest BCUT2D eigenvalue weighted by Crippen LogP contribution is -2.50. The van der Waals surface area contributed by atoms with Gasteiger partial charge < -0.3 is 15.4 Å². The maximum Gasteiger partial charge on any atom is 0.315 e. The standard InChI is InChI=1S/C16H28N4O2S/c1-12(2)8-14(20-4-6-22-7-5-20)9-17-16(21)18-10-15-19-13(3)11-23-15/h11-12,14H,4-10H2,1-3H3,(H2,17,18,21). The number of hydrogen-bond donors (Lipinski definition) is 2. The molecule has 7 heteroatoms. The molecule has 1 unspecified atom stereocenters. The van der Waals surface area contributed by atoms with Gasteiger partial charge in [-0.3, -0.25) is 4.90 Å². The molecule has 1 aliphatic rings. The third kappa shape index (κ3) is 6.45. The topological polar surface area (TPSA) is 66.5 Å². The maximum atomic E-state index is 12.0. The molecule has 1 aromatic heterocycles. The van der Waals surface area contributed by atoms with E-state index in [1.54, 1.807) is 11.3 Å². The highest BCUT2D eigenvalue weighted by Crippen LogP contribution is 2.13. The van der Waals surface area contributed by atoms with Gasteiger partial charge in [-0.25, -0.2) is 9.78 Å². The van der Waals surface area contributed by atoms with Gasteiger partial charge in [-0.15, -0.1) is 11.3 Å². The van der Waals surface area contributed by atoms with E-state index in [1.165, 1.54) is 0 Å². The molecule has 2 heterocycles. The third-order valence-corrected chi connectivity index (χ3v) is 4.84. The number of nitrogens with zero attached hydrogens (tertiary/aromatic N) is 2. The Morgan fingerprint density at radius 1 is 1.39 bits per heavy atom. The molecular formula is C16H28N4O2S. The van der Waals surface area contributed by atoms with Gasteiger partial charge in [0.05, 0.1) is 19.8 Å². The third-order valence-electron chi connectivity index (χ3n) is 3.87. The lowest BCUT2D eigenvalue weighted by molar-refractivity contribution is 0.0129. The SMILES string of the molecule is Cc1csc(CNC(=O)NCC(CC(C)C)N2CCOCC2)n1. The summed E-state index contributed by atoms with van der Waals surface area (Å²) in [5.74, 6) is 0.603. The highest BCUT2D eigenvalue weighted by molar-refractivity contribution is 7.09. The van der Waals surface area contributed by atoms with Crippen LogP contribution in [0.5, 0.6) is 0 Å². The average Bonchev–Trinajstić information content (AvgIpc) is 2.95. The number of carbonyl (C=O) groups is 1. The van der Waals surface area contributed by atoms with Crippen molar-refractivity contribution in [3.63, 3.8) is 0 Å². The second-order valence-electron chi connectivity index (χ2n) is 6.38. The molecular weight excluding hydrogens is 312 g/mol. The normalized spacial score (nSPS) is 17.2. The zero-order valence-corrected chi connectivity index (χ0v) is 15.1. The van der Waals surface area contributed by atoms with E-state index < -0.39 is 0 Å². The smallest absolute Gasteiger partial charge is 0.315 e. The molecule has 1 aromatic rings. The predicted molar refractivity (Wildman–Crippen MR) is 92.7 cm³/mol. The van der Waals surface area contributed by atoms with Crippen LogP contribution in [0.3, 0.4) is 0 Å². The number of morpholine rings is 1. The van der Waals surface area contributed by atoms with E-state index in [0.717, 1.165) is 43.4 Å². The van der Waals surface area contributed by atoms with Crippen molar-refractivity contribution in [2.75, 3.05) is 32.8 Å². The van der Waals surface area contributed by atoms with Crippen LogP contribution < -0.4 is 10.6 Å². The quantitative estimate of drug-likeness (QED) is 0.797. The molecule has 1 atom stereocenters. The molecule has 1 saturated heterocycles. The lowest BCUT2D eigenvalue weighted by Gasteiger charge is -2.35. The molecule has 2 amide bonds. The summed E-state index contributed by atoms with van der Waals surface area (Å²) in [5, 5.41) is 8.81. The fourth-order valence-electron chi connectivity index (χ4n) is 2.76. The molecule has 0 aliphatic carbocycles. The highest BCUT2D eigenvalue weighted by atomic mass is 32.1. The number of ether oxygens (including phenoxy) is 1. The zero-order valence-electron chi connectivity index (χ0n) is 14.3. The van der Waals surface area contributed by atoms with Gasteiger partial charge in [0.15, 0.2) is 0 Å². The number of hydrogen-bond acceptors (Lipinski definition) is 5. The summed E-state index contributed by atoms with van der Waals surface area (Å²) >= 11 is 1.57. The monoisotopic (exact) mass is 340 g/mol. The van der Waals surface area contributed by atoms with Gasteiger partial charge in [0.25, 0.3) is 0 Å². The van der Waals surface area contributed by atoms with E-state index in [4.69, 9.17) is 4.74 Å². The first kappa shape index (κ1) is 18.2. The fraction of sp³-hybridized carbons (Fsp3) is 0.750. The van der Waals surface area contributed by atoms with Crippen LogP contribution in [0.4, 0.5) is 4.79 Å². The molecule has 0 saturated carbocycles. The van der Waals surface area contributed by atoms with E-state index in [9.17, 15) is 4.79 Å². The summed E-state index contributed by atoms with van der Waals surface area (Å²) in [6.07, 6.45) is 1.08. The first-order valence-corrected chi connectivity index (χ1v) is 9.17. The van der Waals surface area contributed by atoms with Gasteiger partial charge in [-0.1, -0.05) is 13.8 Å². The molecule has 1 aliphatic heterocycles. The Morgan fingerprint density at radius 3 is 2.74 bits per heavy atom. The summed E-state index contributed by atoms with van der Waals surface area (Å²) in [7, 11) is 0. The van der Waals surface area contributed by atoms with Crippen molar-refractivity contribution in [2.45, 2.75) is 39.8 Å². The number of thiazole rings is 1. The zero-order chi connectivity index (χ0) is 16.7. The van der Waals surface area contributed by atoms with Gasteiger partial charge in [-0.2, -0.15) is 0 Å². The summed E-state index contributed by atoms with van der Waals surface area (Å²) < 4.78 is 5.42. The second kappa shape index (κ2) is 9.20. The largest absolute Gasteiger partial charge is 0.379 e. The van der Waals surface area contributed by atoms with Crippen LogP contribution in [0, 0.1) is 12.8 Å². The van der Waals surface area contributed by atoms with Gasteiger partial charge in [-0.05, 0) is 19.3 Å². The first-order chi connectivity index (χ1) is 11.0. The minimum atomic E-state index is -0.125. The fourth-order valence-corrected chi connectivity index (χ4v) is 3.47. The number of aryl methyl sites for hydroxylation is 1. The van der Waals surface area contributed by atoms with Crippen LogP contribution in [-0.4, -0.2) is 54.8 Å². The Hall–Kier alpha value is -1.18. The van der Waals surface area contributed by atoms with Gasteiger partial charge in [0, 0.05) is 36.8 Å². The van der Waals surface area contributed by atoms with Crippen LogP contribution in [0.2, 0.25) is 0 Å². The summed E-state index contributed by atoms with van der Waals surface area (Å²) in [4.78, 5) is 18.8. The summed E-state index contributed by atoms with van der Waals surface area (Å²) in [6.45, 7) is 11.0. The van der Waals surface area contributed by atoms with Gasteiger partial charge >= 0.3 is 6.03 Å². The van der Waals surface area contributed by atoms with E-state index in [0.29, 0.717) is 25.0 Å². The van der Waals surface area contributed by atoms with Crippen molar-refractivity contribution < 1.29 is 9.53 Å². The van der Waals surface area contributed by atoms with Crippen LogP contribution in [0.25, 0.3) is 0 Å². The van der Waals surface area contributed by atoms with Crippen LogP contribution in [0.15, 0.2) is 5.38 Å². The van der Waals surface area contributed by atoms with Crippen LogP contribution in [0.1, 0.15) is 31.0 Å². The Kier molecular flexibility index (Phi) is 7.26. The Balaban J connectivity index is 1.76. The van der Waals surface area contributed by atoms with E-state index in [1.807, 2.05) is 12.3 Å². The molecule has 130 valence electrons. The summed E-state index contributed by atoms with van der Waals surface area (Å²) in [6, 6.07) is 0.242. The van der Waals surface area contributed by atoms with Crippen molar-refractivity contribution in [3.05, 3.63) is 16.1 Å². The lowest BCUT2D eigenvalue weighted by atomic mass is 10.0. The van der Waals surface area contributed by atoms with Crippen molar-refractivity contribution in [3.8, 4) is 0 Å². The number of carbonyl (C=O) groups excluding carboxylic acids is 1. The highest BCUT2D eigenvalue weighted by Gasteiger charge is 2.22. The van der Waals surface area contributed by atoms with Crippen molar-refractivity contribution >= 4 is 17.4 Å². The van der Waals surface area contributed by atoms with E-state index >= 15 is 0 Å². The average molecular weight is 340 g/mol. The molecule has 6 nitrogen and oxygen atoms in total. The molecule has 2 rings (SSSR count). The van der Waals surface area contributed by atoms with Gasteiger partial charge in [0.2, 0.25) is 0 Å². The maximum absolute atomic E-state index is 12.0. The predicted octanol–water partition coefficient (Wildman–Crippen LogP) is 2.00. The Bertz CT molecular complexity index is 486. The number of aromatic nitrogens is 1. The minimum absolute atomic E-state index is 0.125. The molecule has 0 aromatic carbocycles. The Labute approximate surface area is 142 Å². The molecule has 0 spiro atoms. The Morgan fingerprint density at radius 2 is 2.13 bits per heavy atom. The van der Waals surface area contributed by atoms with Crippen molar-refractivity contribution in [2.24, 2.45) is 5.92 Å². The van der Waals surface area contributed by atoms with Crippen molar-refractivity contribution in [1.29, 1.82) is 0 Å². The first-order valence-electron chi connectivity index (χ1n) is 8.29. The molecule has 0 radical (unpaired) electrons. The number of nitrogens with one attached hydrogen (secondary N) is 2. The van der Waals surface area contributed by atoms with Crippen molar-refractivity contribution in [1.82, 2.24) is 20.5 Å². The number of rotatable bonds is 7. The molecule has 1 fully saturated rings. The molecule has 23 heavy (non-hydrogen) atoms. The number of urea groups is 1.